The van der Waals surface area contributed by atoms with Crippen molar-refractivity contribution in [3.8, 4) is 11.4 Å². The minimum atomic E-state index is 0.406. The number of hydrogen-bond donors (Lipinski definition) is 0. The van der Waals surface area contributed by atoms with E-state index in [-0.39, 0.29) is 0 Å². The molecule has 0 aliphatic heterocycles. The summed E-state index contributed by atoms with van der Waals surface area (Å²) in [6, 6.07) is 3.98. The van der Waals surface area contributed by atoms with Crippen LogP contribution in [0.2, 0.25) is 10.3 Å². The molecule has 0 spiro atoms. The van der Waals surface area contributed by atoms with Gasteiger partial charge in [0.1, 0.15) is 10.3 Å². The van der Waals surface area contributed by atoms with E-state index in [2.05, 4.69) is 15.0 Å². The predicted octanol–water partition coefficient (Wildman–Crippen LogP) is 4.62. The molecule has 0 aliphatic rings. The van der Waals surface area contributed by atoms with Crippen LogP contribution in [-0.4, -0.2) is 15.0 Å². The molecule has 3 nitrogen and oxygen atoms in total. The van der Waals surface area contributed by atoms with E-state index >= 15 is 0 Å². The first-order valence-corrected chi connectivity index (χ1v) is 7.38. The summed E-state index contributed by atoms with van der Waals surface area (Å²) in [5.41, 5.74) is 2.56. The molecule has 3 rings (SSSR count). The first-order valence-electron chi connectivity index (χ1n) is 5.74. The monoisotopic (exact) mass is 309 g/mol. The lowest BCUT2D eigenvalue weighted by molar-refractivity contribution is 1.05. The zero-order valence-electron chi connectivity index (χ0n) is 10.0. The van der Waals surface area contributed by atoms with Crippen molar-refractivity contribution >= 4 is 44.8 Å². The molecule has 3 aromatic rings. The van der Waals surface area contributed by atoms with Gasteiger partial charge in [-0.2, -0.15) is 0 Å². The Kier molecular flexibility index (Phi) is 3.39. The molecule has 0 N–H and O–H groups in total. The number of nitrogens with zero attached hydrogens (tertiary/aromatic N) is 3. The number of rotatable bonds is 2. The maximum absolute atomic E-state index is 6.13. The second-order valence-electron chi connectivity index (χ2n) is 3.99. The average molecular weight is 310 g/mol. The number of fused-ring (bicyclic) bond motifs is 1. The van der Waals surface area contributed by atoms with Crippen molar-refractivity contribution in [2.24, 2.45) is 0 Å². The van der Waals surface area contributed by atoms with Crippen LogP contribution in [-0.2, 0) is 6.42 Å². The zero-order valence-corrected chi connectivity index (χ0v) is 12.4. The highest BCUT2D eigenvalue weighted by molar-refractivity contribution is 7.17. The summed E-state index contributed by atoms with van der Waals surface area (Å²) >= 11 is 13.9. The van der Waals surface area contributed by atoms with Crippen LogP contribution in [0.4, 0.5) is 0 Å². The third-order valence-electron chi connectivity index (χ3n) is 2.82. The molecule has 3 heterocycles. The van der Waals surface area contributed by atoms with Gasteiger partial charge in [-0.3, -0.25) is 4.98 Å². The van der Waals surface area contributed by atoms with Crippen LogP contribution in [0.25, 0.3) is 21.6 Å². The van der Waals surface area contributed by atoms with E-state index in [1.807, 2.05) is 24.4 Å². The number of halogens is 2. The van der Waals surface area contributed by atoms with Crippen LogP contribution >= 0.6 is 34.5 Å². The van der Waals surface area contributed by atoms with Gasteiger partial charge in [-0.25, -0.2) is 9.97 Å². The van der Waals surface area contributed by atoms with Crippen molar-refractivity contribution < 1.29 is 0 Å². The van der Waals surface area contributed by atoms with E-state index in [0.717, 1.165) is 21.3 Å². The first kappa shape index (κ1) is 12.8. The van der Waals surface area contributed by atoms with E-state index < -0.39 is 0 Å². The second kappa shape index (κ2) is 5.04. The maximum Gasteiger partial charge on any atom is 0.164 e. The van der Waals surface area contributed by atoms with Gasteiger partial charge in [-0.1, -0.05) is 30.1 Å². The van der Waals surface area contributed by atoms with Crippen molar-refractivity contribution in [2.75, 3.05) is 0 Å². The Morgan fingerprint density at radius 1 is 1.21 bits per heavy atom. The van der Waals surface area contributed by atoms with Gasteiger partial charge in [0.25, 0.3) is 0 Å². The molecule has 0 amide bonds. The van der Waals surface area contributed by atoms with Crippen molar-refractivity contribution in [1.82, 2.24) is 15.0 Å². The Morgan fingerprint density at radius 2 is 1.95 bits per heavy atom. The molecular formula is C13H9Cl2N3S. The minimum Gasteiger partial charge on any atom is -0.255 e. The SMILES string of the molecule is CCc1c(Cl)nc(-c2cnc3ccsc3c2)nc1Cl. The zero-order chi connectivity index (χ0) is 13.4. The second-order valence-corrected chi connectivity index (χ2v) is 5.65. The summed E-state index contributed by atoms with van der Waals surface area (Å²) in [6.45, 7) is 1.97. The van der Waals surface area contributed by atoms with Crippen LogP contribution in [0, 0.1) is 0 Å². The first-order chi connectivity index (χ1) is 9.19. The fourth-order valence-corrected chi connectivity index (χ4v) is 3.26. The largest absolute Gasteiger partial charge is 0.255 e. The quantitative estimate of drug-likeness (QED) is 0.648. The van der Waals surface area contributed by atoms with Gasteiger partial charge in [-0.15, -0.1) is 11.3 Å². The van der Waals surface area contributed by atoms with Crippen LogP contribution in [0.3, 0.4) is 0 Å². The van der Waals surface area contributed by atoms with Crippen LogP contribution < -0.4 is 0 Å². The lowest BCUT2D eigenvalue weighted by atomic mass is 10.2. The molecule has 96 valence electrons. The van der Waals surface area contributed by atoms with E-state index in [0.29, 0.717) is 22.6 Å². The van der Waals surface area contributed by atoms with Crippen LogP contribution in [0.15, 0.2) is 23.7 Å². The van der Waals surface area contributed by atoms with Gasteiger partial charge in [0, 0.05) is 17.3 Å². The molecule has 0 saturated heterocycles. The fourth-order valence-electron chi connectivity index (χ4n) is 1.82. The van der Waals surface area contributed by atoms with E-state index in [1.165, 1.54) is 0 Å². The molecular weight excluding hydrogens is 301 g/mol. The Bertz CT molecular complexity index is 731. The van der Waals surface area contributed by atoms with E-state index in [1.54, 1.807) is 17.5 Å². The van der Waals surface area contributed by atoms with Crippen molar-refractivity contribution in [3.05, 3.63) is 39.6 Å². The number of hydrogen-bond acceptors (Lipinski definition) is 4. The van der Waals surface area contributed by atoms with Crippen LogP contribution in [0.5, 0.6) is 0 Å². The van der Waals surface area contributed by atoms with Gasteiger partial charge >= 0.3 is 0 Å². The molecule has 0 aliphatic carbocycles. The van der Waals surface area contributed by atoms with Gasteiger partial charge in [0.15, 0.2) is 5.82 Å². The van der Waals surface area contributed by atoms with Crippen molar-refractivity contribution in [2.45, 2.75) is 13.3 Å². The average Bonchev–Trinajstić information content (AvgIpc) is 2.85. The predicted molar refractivity (Wildman–Crippen MR) is 80.0 cm³/mol. The van der Waals surface area contributed by atoms with Gasteiger partial charge in [0.05, 0.1) is 10.2 Å². The van der Waals surface area contributed by atoms with Gasteiger partial charge in [-0.05, 0) is 23.9 Å². The molecule has 0 saturated carbocycles. The summed E-state index contributed by atoms with van der Waals surface area (Å²) < 4.78 is 1.09. The smallest absolute Gasteiger partial charge is 0.164 e. The Balaban J connectivity index is 2.15. The van der Waals surface area contributed by atoms with E-state index in [4.69, 9.17) is 23.2 Å². The number of thiophene rings is 1. The minimum absolute atomic E-state index is 0.406. The topological polar surface area (TPSA) is 38.7 Å². The van der Waals surface area contributed by atoms with Crippen molar-refractivity contribution in [3.63, 3.8) is 0 Å². The molecule has 0 unspecified atom stereocenters. The molecule has 0 aromatic carbocycles. The number of aromatic nitrogens is 3. The standard InChI is InChI=1S/C13H9Cl2N3S/c1-2-8-11(14)17-13(18-12(8)15)7-5-10-9(16-6-7)3-4-19-10/h3-6H,2H2,1H3. The number of pyridine rings is 1. The van der Waals surface area contributed by atoms with E-state index in [9.17, 15) is 0 Å². The summed E-state index contributed by atoms with van der Waals surface area (Å²) in [5, 5.41) is 2.81. The lowest BCUT2D eigenvalue weighted by Crippen LogP contribution is -1.96. The normalized spacial score (nSPS) is 11.1. The highest BCUT2D eigenvalue weighted by Gasteiger charge is 2.12. The Labute approximate surface area is 124 Å². The molecule has 19 heavy (non-hydrogen) atoms. The third kappa shape index (κ3) is 2.31. The summed E-state index contributed by atoms with van der Waals surface area (Å²) in [4.78, 5) is 13.0. The highest BCUT2D eigenvalue weighted by Crippen LogP contribution is 2.28. The van der Waals surface area contributed by atoms with Gasteiger partial charge in [0.2, 0.25) is 0 Å². The Hall–Kier alpha value is -1.23. The molecule has 0 radical (unpaired) electrons. The van der Waals surface area contributed by atoms with Crippen LogP contribution in [0.1, 0.15) is 12.5 Å². The maximum atomic E-state index is 6.13. The summed E-state index contributed by atoms with van der Waals surface area (Å²) in [7, 11) is 0. The van der Waals surface area contributed by atoms with Crippen molar-refractivity contribution in [1.29, 1.82) is 0 Å². The van der Waals surface area contributed by atoms with Gasteiger partial charge < -0.3 is 0 Å². The Morgan fingerprint density at radius 3 is 2.63 bits per heavy atom. The molecule has 3 aromatic heterocycles. The molecule has 0 atom stereocenters. The lowest BCUT2D eigenvalue weighted by Gasteiger charge is -2.06. The highest BCUT2D eigenvalue weighted by atomic mass is 35.5. The molecule has 0 fully saturated rings. The molecule has 0 bridgehead atoms. The summed E-state index contributed by atoms with van der Waals surface area (Å²) in [5.74, 6) is 0.509. The third-order valence-corrected chi connectivity index (χ3v) is 4.30. The fraction of sp³-hybridized carbons (Fsp3) is 0.154. The molecule has 6 heteroatoms. The summed E-state index contributed by atoms with van der Waals surface area (Å²) in [6.07, 6.45) is 2.45.